The van der Waals surface area contributed by atoms with Gasteiger partial charge in [-0.1, -0.05) is 46.4 Å². The van der Waals surface area contributed by atoms with Crippen molar-refractivity contribution >= 4 is 85.0 Å². The number of carbonyl (C=O) groups is 1. The van der Waals surface area contributed by atoms with E-state index in [-0.39, 0.29) is 22.8 Å². The Labute approximate surface area is 315 Å². The minimum atomic E-state index is -4.43. The van der Waals surface area contributed by atoms with E-state index in [1.54, 1.807) is 46.4 Å². The second kappa shape index (κ2) is 13.2. The van der Waals surface area contributed by atoms with E-state index in [2.05, 4.69) is 11.4 Å². The zero-order valence-electron chi connectivity index (χ0n) is 26.1. The number of carbonyl (C=O) groups excluding carboxylic acids is 1. The van der Waals surface area contributed by atoms with Crippen LogP contribution in [-0.2, 0) is 53.4 Å². The molecule has 0 fully saturated rings. The molecule has 0 bridgehead atoms. The number of Topliss-reactive ketones (excluding diaryl/α,β-unsaturated/α-hetero) is 1. The molecule has 2 aliphatic carbocycles. The third kappa shape index (κ3) is 6.15. The second-order valence-electron chi connectivity index (χ2n) is 12.3. The van der Waals surface area contributed by atoms with Crippen molar-refractivity contribution in [1.29, 1.82) is 0 Å². The number of aryl methyl sites for hydroxylation is 2. The van der Waals surface area contributed by atoms with Gasteiger partial charge in [-0.3, -0.25) is 9.35 Å². The molecular formula is C35H26Cl4N4O4S3. The van der Waals surface area contributed by atoms with Gasteiger partial charge in [0.05, 0.1) is 66.8 Å². The summed E-state index contributed by atoms with van der Waals surface area (Å²) in [6.45, 7) is 0. The van der Waals surface area contributed by atoms with Crippen LogP contribution in [0.15, 0.2) is 58.1 Å². The fourth-order valence-electron chi connectivity index (χ4n) is 6.93. The maximum absolute atomic E-state index is 14.1. The molecule has 8 nitrogen and oxygen atoms in total. The SMILES string of the molecule is O=C(Cc1nn(-c2ccc(Cl)cc2Cl)c2c1CCCc1ccsc1-2)Cc1nn(-c2ccc(Cl)cc2Cl)c2c1CCCc1cc(S(=O)(=O)O)sc1-2. The first-order valence-corrected chi connectivity index (χ1v) is 20.4. The van der Waals surface area contributed by atoms with Crippen molar-refractivity contribution in [2.45, 2.75) is 55.6 Å². The number of fused-ring (bicyclic) bond motifs is 6. The van der Waals surface area contributed by atoms with E-state index in [0.717, 1.165) is 57.9 Å². The lowest BCUT2D eigenvalue weighted by Gasteiger charge is -2.10. The number of rotatable bonds is 7. The zero-order valence-corrected chi connectivity index (χ0v) is 31.5. The van der Waals surface area contributed by atoms with Gasteiger partial charge >= 0.3 is 10.1 Å². The standard InChI is InChI=1S/C35H26Cl4N4O4S3/c36-20-7-9-29(25(38)14-20)42-32-23(5-1-3-18-11-12-48-34(18)32)27(40-42)16-22(44)17-28-24-6-2-4-19-13-31(50(45,46)47)49-35(19)33(24)43(41-28)30-10-8-21(37)15-26(30)39/h7-15H,1-6,16-17H2,(H,45,46,47). The fourth-order valence-corrected chi connectivity index (χ4v) is 10.9. The Morgan fingerprint density at radius 1 is 0.740 bits per heavy atom. The molecule has 15 heteroatoms. The molecule has 0 spiro atoms. The molecule has 0 saturated carbocycles. The van der Waals surface area contributed by atoms with E-state index in [1.807, 2.05) is 10.7 Å². The molecule has 4 heterocycles. The van der Waals surface area contributed by atoms with Crippen LogP contribution in [0.3, 0.4) is 0 Å². The number of halogens is 4. The molecular weight excluding hydrogens is 778 g/mol. The Hall–Kier alpha value is -3.00. The minimum absolute atomic E-state index is 0.0278. The number of ketones is 1. The van der Waals surface area contributed by atoms with Crippen LogP contribution in [0, 0.1) is 0 Å². The maximum atomic E-state index is 14.1. The summed E-state index contributed by atoms with van der Waals surface area (Å²) in [5.41, 5.74) is 8.02. The van der Waals surface area contributed by atoms with Gasteiger partial charge in [0.25, 0.3) is 0 Å². The van der Waals surface area contributed by atoms with Gasteiger partial charge < -0.3 is 0 Å². The Kier molecular flexibility index (Phi) is 9.00. The van der Waals surface area contributed by atoms with Gasteiger partial charge in [0.15, 0.2) is 0 Å². The third-order valence-electron chi connectivity index (χ3n) is 9.10. The molecule has 256 valence electrons. The lowest BCUT2D eigenvalue weighted by Crippen LogP contribution is -2.11. The number of benzene rings is 2. The summed E-state index contributed by atoms with van der Waals surface area (Å²) in [6, 6.07) is 14.0. The molecule has 0 saturated heterocycles. The quantitative estimate of drug-likeness (QED) is 0.161. The van der Waals surface area contributed by atoms with Crippen LogP contribution in [0.5, 0.6) is 0 Å². The zero-order chi connectivity index (χ0) is 34.9. The van der Waals surface area contributed by atoms with Crippen LogP contribution < -0.4 is 0 Å². The predicted molar refractivity (Wildman–Crippen MR) is 200 cm³/mol. The largest absolute Gasteiger partial charge is 0.304 e. The molecule has 8 rings (SSSR count). The van der Waals surface area contributed by atoms with Gasteiger partial charge in [-0.25, -0.2) is 9.36 Å². The topological polar surface area (TPSA) is 107 Å². The van der Waals surface area contributed by atoms with Gasteiger partial charge in [-0.15, -0.1) is 22.7 Å². The highest BCUT2D eigenvalue weighted by atomic mass is 35.5. The lowest BCUT2D eigenvalue weighted by atomic mass is 10.00. The second-order valence-corrected chi connectivity index (χ2v) is 17.6. The van der Waals surface area contributed by atoms with Crippen molar-refractivity contribution in [3.05, 3.63) is 108 Å². The normalized spacial score (nSPS) is 14.0. The van der Waals surface area contributed by atoms with Crippen LogP contribution in [0.25, 0.3) is 32.5 Å². The van der Waals surface area contributed by atoms with Crippen molar-refractivity contribution in [1.82, 2.24) is 19.6 Å². The number of hydrogen-bond donors (Lipinski definition) is 1. The Balaban J connectivity index is 1.22. The van der Waals surface area contributed by atoms with Gasteiger partial charge in [0.1, 0.15) is 9.99 Å². The van der Waals surface area contributed by atoms with Crippen molar-refractivity contribution in [2.75, 3.05) is 0 Å². The number of hydrogen-bond acceptors (Lipinski definition) is 7. The molecule has 0 amide bonds. The molecule has 1 N–H and O–H groups in total. The molecule has 0 radical (unpaired) electrons. The van der Waals surface area contributed by atoms with Crippen molar-refractivity contribution < 1.29 is 17.8 Å². The average molecular weight is 805 g/mol. The highest BCUT2D eigenvalue weighted by molar-refractivity contribution is 7.88. The molecule has 2 aliphatic rings. The summed E-state index contributed by atoms with van der Waals surface area (Å²) in [4.78, 5) is 15.9. The van der Waals surface area contributed by atoms with E-state index in [9.17, 15) is 17.8 Å². The van der Waals surface area contributed by atoms with Gasteiger partial charge in [0, 0.05) is 21.2 Å². The molecule has 4 aromatic heterocycles. The summed E-state index contributed by atoms with van der Waals surface area (Å²) in [5, 5.41) is 13.8. The molecule has 0 unspecified atom stereocenters. The summed E-state index contributed by atoms with van der Waals surface area (Å²) in [7, 11) is -4.43. The summed E-state index contributed by atoms with van der Waals surface area (Å²) in [6.07, 6.45) is 4.64. The molecule has 0 atom stereocenters. The van der Waals surface area contributed by atoms with Crippen LogP contribution in [0.2, 0.25) is 20.1 Å². The summed E-state index contributed by atoms with van der Waals surface area (Å²) >= 11 is 28.5. The first kappa shape index (κ1) is 34.1. The van der Waals surface area contributed by atoms with Crippen LogP contribution in [0.1, 0.15) is 46.5 Å². The Morgan fingerprint density at radius 3 is 1.82 bits per heavy atom. The first-order chi connectivity index (χ1) is 24.0. The van der Waals surface area contributed by atoms with E-state index in [4.69, 9.17) is 56.6 Å². The Morgan fingerprint density at radius 2 is 1.28 bits per heavy atom. The van der Waals surface area contributed by atoms with E-state index in [1.165, 1.54) is 11.6 Å². The van der Waals surface area contributed by atoms with Gasteiger partial charge in [-0.05, 0) is 104 Å². The smallest absolute Gasteiger partial charge is 0.299 e. The van der Waals surface area contributed by atoms with Crippen molar-refractivity contribution in [3.8, 4) is 32.5 Å². The van der Waals surface area contributed by atoms with Crippen LogP contribution >= 0.6 is 69.1 Å². The molecule has 6 aromatic rings. The Bertz CT molecular complexity index is 2460. The van der Waals surface area contributed by atoms with E-state index in [0.29, 0.717) is 72.7 Å². The molecule has 50 heavy (non-hydrogen) atoms. The first-order valence-electron chi connectivity index (χ1n) is 15.8. The molecule has 0 aliphatic heterocycles. The van der Waals surface area contributed by atoms with Crippen LogP contribution in [0.4, 0.5) is 0 Å². The highest BCUT2D eigenvalue weighted by Gasteiger charge is 2.31. The summed E-state index contributed by atoms with van der Waals surface area (Å²) < 4.78 is 37.6. The maximum Gasteiger partial charge on any atom is 0.304 e. The van der Waals surface area contributed by atoms with Crippen molar-refractivity contribution in [2.24, 2.45) is 0 Å². The fraction of sp³-hybridized carbons (Fsp3) is 0.229. The number of nitrogens with zero attached hydrogens (tertiary/aromatic N) is 4. The number of aromatic nitrogens is 4. The predicted octanol–water partition coefficient (Wildman–Crippen LogP) is 9.71. The van der Waals surface area contributed by atoms with Gasteiger partial charge in [-0.2, -0.15) is 18.6 Å². The number of thiophene rings is 2. The van der Waals surface area contributed by atoms with E-state index >= 15 is 0 Å². The van der Waals surface area contributed by atoms with Gasteiger partial charge in [0.2, 0.25) is 0 Å². The van der Waals surface area contributed by atoms with Crippen LogP contribution in [-0.4, -0.2) is 38.3 Å². The molecule has 2 aromatic carbocycles. The monoisotopic (exact) mass is 802 g/mol. The highest BCUT2D eigenvalue weighted by Crippen LogP contribution is 2.44. The average Bonchev–Trinajstić information content (AvgIpc) is 3.79. The minimum Gasteiger partial charge on any atom is -0.299 e. The lowest BCUT2D eigenvalue weighted by molar-refractivity contribution is -0.117. The van der Waals surface area contributed by atoms with E-state index < -0.39 is 10.1 Å². The van der Waals surface area contributed by atoms with Crippen molar-refractivity contribution in [3.63, 3.8) is 0 Å². The third-order valence-corrected chi connectivity index (χ3v) is 13.6. The summed E-state index contributed by atoms with van der Waals surface area (Å²) in [5.74, 6) is -0.0702.